The summed E-state index contributed by atoms with van der Waals surface area (Å²) in [7, 11) is 0. The van der Waals surface area contributed by atoms with Gasteiger partial charge in [0.25, 0.3) is 5.91 Å². The first-order valence-electron chi connectivity index (χ1n) is 15.2. The summed E-state index contributed by atoms with van der Waals surface area (Å²) in [6.45, 7) is 16.2. The van der Waals surface area contributed by atoms with Gasteiger partial charge in [0.1, 0.15) is 23.5 Å². The van der Waals surface area contributed by atoms with Crippen molar-refractivity contribution in [3.8, 4) is 11.5 Å². The molecule has 0 saturated carbocycles. The zero-order valence-corrected chi connectivity index (χ0v) is 27.1. The van der Waals surface area contributed by atoms with Crippen LogP contribution in [0, 0.1) is 0 Å². The van der Waals surface area contributed by atoms with Crippen molar-refractivity contribution in [3.63, 3.8) is 0 Å². The third-order valence-electron chi connectivity index (χ3n) is 6.35. The van der Waals surface area contributed by atoms with E-state index in [0.29, 0.717) is 90.8 Å². The number of nitrogens with one attached hydrogen (secondary N) is 1. The van der Waals surface area contributed by atoms with Gasteiger partial charge in [-0.1, -0.05) is 19.7 Å². The van der Waals surface area contributed by atoms with Crippen molar-refractivity contribution in [3.05, 3.63) is 120 Å². The van der Waals surface area contributed by atoms with E-state index in [1.54, 1.807) is 74.5 Å². The number of esters is 2. The van der Waals surface area contributed by atoms with E-state index in [-0.39, 0.29) is 12.5 Å². The minimum Gasteiger partial charge on any atom is -0.494 e. The number of hydrogen-bond acceptors (Lipinski definition) is 9. The molecule has 250 valence electrons. The maximum atomic E-state index is 12.8. The molecule has 0 atom stereocenters. The Morgan fingerprint density at radius 1 is 0.809 bits per heavy atom. The molecule has 0 aliphatic heterocycles. The number of hydrogen-bond donors (Lipinski definition) is 1. The van der Waals surface area contributed by atoms with Crippen molar-refractivity contribution in [2.24, 2.45) is 0 Å². The van der Waals surface area contributed by atoms with E-state index >= 15 is 0 Å². The Bertz CT molecular complexity index is 1440. The molecule has 0 aliphatic carbocycles. The zero-order valence-electron chi connectivity index (χ0n) is 27.1. The summed E-state index contributed by atoms with van der Waals surface area (Å²) in [6.07, 6.45) is 7.97. The van der Waals surface area contributed by atoms with Crippen LogP contribution in [0.4, 0.5) is 0 Å². The maximum absolute atomic E-state index is 12.8. The molecule has 2 aromatic rings. The average molecular weight is 646 g/mol. The number of aldehydes is 1. The lowest BCUT2D eigenvalue weighted by Crippen LogP contribution is -2.21. The van der Waals surface area contributed by atoms with E-state index in [1.807, 2.05) is 0 Å². The number of benzene rings is 2. The molecule has 0 aromatic heterocycles. The number of carbonyl (C=O) groups is 4. The second-order valence-electron chi connectivity index (χ2n) is 10.2. The van der Waals surface area contributed by atoms with E-state index in [4.69, 9.17) is 23.7 Å². The van der Waals surface area contributed by atoms with E-state index in [2.05, 4.69) is 25.1 Å². The van der Waals surface area contributed by atoms with Gasteiger partial charge >= 0.3 is 11.9 Å². The van der Waals surface area contributed by atoms with E-state index in [1.165, 1.54) is 0 Å². The molecule has 0 aliphatic rings. The van der Waals surface area contributed by atoms with Gasteiger partial charge in [-0.3, -0.25) is 9.59 Å². The highest BCUT2D eigenvalue weighted by Crippen LogP contribution is 2.19. The fourth-order valence-electron chi connectivity index (χ4n) is 3.86. The van der Waals surface area contributed by atoms with Crippen molar-refractivity contribution < 1.29 is 42.9 Å². The summed E-state index contributed by atoms with van der Waals surface area (Å²) in [4.78, 5) is 47.0. The molecular formula is C37H43NO9. The molecule has 10 nitrogen and oxygen atoms in total. The number of unbranched alkanes of at least 4 members (excludes halogenated alkanes) is 2. The van der Waals surface area contributed by atoms with Crippen LogP contribution in [0.2, 0.25) is 0 Å². The van der Waals surface area contributed by atoms with Crippen molar-refractivity contribution in [1.29, 1.82) is 0 Å². The molecule has 0 spiro atoms. The Morgan fingerprint density at radius 2 is 1.36 bits per heavy atom. The summed E-state index contributed by atoms with van der Waals surface area (Å²) in [5.74, 6) is 0.207. The fourth-order valence-corrected chi connectivity index (χ4v) is 3.86. The maximum Gasteiger partial charge on any atom is 0.343 e. The van der Waals surface area contributed by atoms with Gasteiger partial charge in [-0.15, -0.1) is 0 Å². The molecule has 0 unspecified atom stereocenters. The third-order valence-corrected chi connectivity index (χ3v) is 6.35. The predicted octanol–water partition coefficient (Wildman–Crippen LogP) is 6.46. The van der Waals surface area contributed by atoms with Crippen molar-refractivity contribution in [2.45, 2.75) is 39.5 Å². The summed E-state index contributed by atoms with van der Waals surface area (Å²) < 4.78 is 27.2. The monoisotopic (exact) mass is 645 g/mol. The molecule has 0 heterocycles. The summed E-state index contributed by atoms with van der Waals surface area (Å²) in [5.41, 5.74) is 2.08. The van der Waals surface area contributed by atoms with Crippen LogP contribution in [0.1, 0.15) is 60.2 Å². The summed E-state index contributed by atoms with van der Waals surface area (Å²) in [6, 6.07) is 13.3. The fraction of sp³-hybridized carbons (Fsp3) is 0.297. The molecule has 47 heavy (non-hydrogen) atoms. The van der Waals surface area contributed by atoms with Crippen LogP contribution in [0.15, 0.2) is 109 Å². The zero-order chi connectivity index (χ0) is 34.4. The Labute approximate surface area is 276 Å². The van der Waals surface area contributed by atoms with Gasteiger partial charge in [-0.05, 0) is 106 Å². The lowest BCUT2D eigenvalue weighted by atomic mass is 10.1. The van der Waals surface area contributed by atoms with Crippen LogP contribution in [0.25, 0.3) is 0 Å². The normalized spacial score (nSPS) is 11.2. The van der Waals surface area contributed by atoms with Gasteiger partial charge in [0.05, 0.1) is 32.0 Å². The van der Waals surface area contributed by atoms with Crippen LogP contribution in [-0.4, -0.2) is 57.2 Å². The SMILES string of the molecule is C=CC(=O)OCCCCOc1ccc(C(=O)NC(=C)/C=C(C)\C(=C/C)OC(=O)c2ccc(OCCCCOCC(=C)C=O)cc2)cc1. The molecule has 0 fully saturated rings. The highest BCUT2D eigenvalue weighted by molar-refractivity contribution is 5.95. The highest BCUT2D eigenvalue weighted by Gasteiger charge is 2.13. The molecule has 0 radical (unpaired) electrons. The topological polar surface area (TPSA) is 126 Å². The van der Waals surface area contributed by atoms with Crippen molar-refractivity contribution >= 4 is 24.1 Å². The van der Waals surface area contributed by atoms with Crippen LogP contribution < -0.4 is 14.8 Å². The summed E-state index contributed by atoms with van der Waals surface area (Å²) >= 11 is 0. The van der Waals surface area contributed by atoms with Gasteiger partial charge in [-0.2, -0.15) is 0 Å². The minimum absolute atomic E-state index is 0.229. The first-order chi connectivity index (χ1) is 22.7. The average Bonchev–Trinajstić information content (AvgIpc) is 3.08. The number of rotatable bonds is 22. The molecule has 10 heteroatoms. The Morgan fingerprint density at radius 3 is 1.91 bits per heavy atom. The Kier molecular flexibility index (Phi) is 17.4. The second-order valence-corrected chi connectivity index (χ2v) is 10.2. The van der Waals surface area contributed by atoms with Crippen LogP contribution in [-0.2, 0) is 23.8 Å². The van der Waals surface area contributed by atoms with Gasteiger partial charge in [0.15, 0.2) is 0 Å². The molecule has 0 bridgehead atoms. The van der Waals surface area contributed by atoms with Crippen LogP contribution in [0.5, 0.6) is 11.5 Å². The van der Waals surface area contributed by atoms with Crippen LogP contribution in [0.3, 0.4) is 0 Å². The Balaban J connectivity index is 1.77. The van der Waals surface area contributed by atoms with Crippen molar-refractivity contribution in [1.82, 2.24) is 5.32 Å². The first-order valence-corrected chi connectivity index (χ1v) is 15.2. The molecule has 1 N–H and O–H groups in total. The van der Waals surface area contributed by atoms with Crippen LogP contribution >= 0.6 is 0 Å². The van der Waals surface area contributed by atoms with Gasteiger partial charge in [0.2, 0.25) is 0 Å². The largest absolute Gasteiger partial charge is 0.494 e. The summed E-state index contributed by atoms with van der Waals surface area (Å²) in [5, 5.41) is 2.73. The standard InChI is InChI=1S/C37H43NO9/c1-6-34(47-37(42)31-14-18-33(19-15-31)44-21-9-8-20-43-26-27(3)25-39)28(4)24-29(5)38-36(41)30-12-16-32(17-13-30)45-22-10-11-23-46-35(40)7-2/h6-7,12-19,24-25H,2-3,5,8-11,20-23,26H2,1,4H3,(H,38,41)/b28-24-,34-6+. The third kappa shape index (κ3) is 15.1. The number of carbonyl (C=O) groups excluding carboxylic acids is 4. The number of allylic oxidation sites excluding steroid dienone is 3. The number of amides is 1. The van der Waals surface area contributed by atoms with Gasteiger partial charge in [-0.25, -0.2) is 9.59 Å². The predicted molar refractivity (Wildman–Crippen MR) is 179 cm³/mol. The lowest BCUT2D eigenvalue weighted by molar-refractivity contribution is -0.137. The molecule has 1 amide bonds. The smallest absolute Gasteiger partial charge is 0.343 e. The molecule has 2 aromatic carbocycles. The van der Waals surface area contributed by atoms with E-state index < -0.39 is 11.9 Å². The molecule has 0 saturated heterocycles. The first kappa shape index (κ1) is 38.0. The van der Waals surface area contributed by atoms with E-state index in [0.717, 1.165) is 18.9 Å². The quantitative estimate of drug-likeness (QED) is 0.0384. The highest BCUT2D eigenvalue weighted by atomic mass is 16.5. The van der Waals surface area contributed by atoms with E-state index in [9.17, 15) is 19.2 Å². The lowest BCUT2D eigenvalue weighted by Gasteiger charge is -2.12. The molecular weight excluding hydrogens is 602 g/mol. The second kappa shape index (κ2) is 21.5. The Hall–Kier alpha value is -5.22. The number of ether oxygens (including phenoxy) is 5. The molecule has 2 rings (SSSR count). The minimum atomic E-state index is -0.542. The van der Waals surface area contributed by atoms with Gasteiger partial charge in [0, 0.05) is 29.5 Å². The van der Waals surface area contributed by atoms with Crippen molar-refractivity contribution in [2.75, 3.05) is 33.0 Å². The van der Waals surface area contributed by atoms with Gasteiger partial charge < -0.3 is 29.0 Å².